The fraction of sp³-hybridized carbons (Fsp3) is 0.364. The minimum absolute atomic E-state index is 0.211. The lowest BCUT2D eigenvalue weighted by Crippen LogP contribution is -2.26. The zero-order valence-corrected chi connectivity index (χ0v) is 10.1. The molecule has 0 unspecified atom stereocenters. The second-order valence-electron chi connectivity index (χ2n) is 3.64. The first kappa shape index (κ1) is 15.0. The Bertz CT molecular complexity index is 494. The lowest BCUT2D eigenvalue weighted by Gasteiger charge is -2.06. The summed E-state index contributed by atoms with van der Waals surface area (Å²) in [7, 11) is 1.49. The number of halogens is 2. The summed E-state index contributed by atoms with van der Waals surface area (Å²) in [6.07, 6.45) is 0.500. The van der Waals surface area contributed by atoms with Gasteiger partial charge < -0.3 is 10.1 Å². The van der Waals surface area contributed by atoms with Gasteiger partial charge in [0.1, 0.15) is 5.56 Å². The number of amides is 1. The fourth-order valence-electron chi connectivity index (χ4n) is 1.38. The Morgan fingerprint density at radius 2 is 2.05 bits per heavy atom. The number of nitrogens with zero attached hydrogens (tertiary/aromatic N) is 1. The number of nitrogens with one attached hydrogen (secondary N) is 1. The highest BCUT2D eigenvalue weighted by Gasteiger charge is 2.23. The molecule has 1 amide bonds. The van der Waals surface area contributed by atoms with Crippen LogP contribution in [0.2, 0.25) is 0 Å². The normalized spacial score (nSPS) is 10.3. The number of ether oxygens (including phenoxy) is 1. The Morgan fingerprint density at radius 3 is 2.63 bits per heavy atom. The highest BCUT2D eigenvalue weighted by atomic mass is 19.2. The third-order valence-corrected chi connectivity index (χ3v) is 2.29. The second kappa shape index (κ2) is 6.74. The van der Waals surface area contributed by atoms with E-state index in [2.05, 4.69) is 5.32 Å². The molecule has 0 fully saturated rings. The largest absolute Gasteiger partial charge is 0.385 e. The third kappa shape index (κ3) is 3.95. The van der Waals surface area contributed by atoms with E-state index in [1.165, 1.54) is 7.11 Å². The van der Waals surface area contributed by atoms with Crippen molar-refractivity contribution in [2.45, 2.75) is 6.42 Å². The van der Waals surface area contributed by atoms with Gasteiger partial charge in [-0.1, -0.05) is 0 Å². The molecule has 104 valence electrons. The van der Waals surface area contributed by atoms with Gasteiger partial charge in [-0.2, -0.15) is 0 Å². The summed E-state index contributed by atoms with van der Waals surface area (Å²) in [4.78, 5) is 21.4. The lowest BCUT2D eigenvalue weighted by molar-refractivity contribution is -0.385. The van der Waals surface area contributed by atoms with Crippen molar-refractivity contribution in [3.63, 3.8) is 0 Å². The summed E-state index contributed by atoms with van der Waals surface area (Å²) < 4.78 is 30.7. The van der Waals surface area contributed by atoms with E-state index in [1.54, 1.807) is 0 Å². The third-order valence-electron chi connectivity index (χ3n) is 2.29. The molecule has 0 aliphatic carbocycles. The number of hydrogen-bond donors (Lipinski definition) is 1. The van der Waals surface area contributed by atoms with Crippen molar-refractivity contribution in [1.29, 1.82) is 0 Å². The summed E-state index contributed by atoms with van der Waals surface area (Å²) in [5.41, 5.74) is -1.29. The van der Waals surface area contributed by atoms with Crippen molar-refractivity contribution < 1.29 is 23.2 Å². The fourth-order valence-corrected chi connectivity index (χ4v) is 1.38. The number of nitro benzene ring substituents is 1. The average molecular weight is 274 g/mol. The average Bonchev–Trinajstić information content (AvgIpc) is 2.36. The molecule has 1 aromatic carbocycles. The lowest BCUT2D eigenvalue weighted by atomic mass is 10.1. The Morgan fingerprint density at radius 1 is 1.42 bits per heavy atom. The van der Waals surface area contributed by atoms with E-state index >= 15 is 0 Å². The maximum Gasteiger partial charge on any atom is 0.285 e. The number of carbonyl (C=O) groups is 1. The minimum Gasteiger partial charge on any atom is -0.385 e. The van der Waals surface area contributed by atoms with Crippen LogP contribution in [-0.2, 0) is 4.74 Å². The molecule has 0 spiro atoms. The van der Waals surface area contributed by atoms with Gasteiger partial charge in [0, 0.05) is 20.3 Å². The van der Waals surface area contributed by atoms with Crippen LogP contribution in [0.5, 0.6) is 0 Å². The van der Waals surface area contributed by atoms with E-state index < -0.39 is 33.7 Å². The molecule has 0 saturated heterocycles. The number of hydrogen-bond acceptors (Lipinski definition) is 4. The van der Waals surface area contributed by atoms with Gasteiger partial charge in [0.2, 0.25) is 0 Å². The number of nitro groups is 1. The Kier molecular flexibility index (Phi) is 5.31. The predicted octanol–water partition coefficient (Wildman–Crippen LogP) is 1.64. The number of carbonyl (C=O) groups excluding carboxylic acids is 1. The van der Waals surface area contributed by atoms with Gasteiger partial charge in [-0.05, 0) is 12.5 Å². The monoisotopic (exact) mass is 274 g/mol. The molecule has 0 bridgehead atoms. The second-order valence-corrected chi connectivity index (χ2v) is 3.64. The van der Waals surface area contributed by atoms with Crippen molar-refractivity contribution in [3.05, 3.63) is 39.4 Å². The van der Waals surface area contributed by atoms with Gasteiger partial charge in [0.15, 0.2) is 11.6 Å². The Balaban J connectivity index is 2.89. The number of rotatable bonds is 6. The molecule has 0 heterocycles. The van der Waals surface area contributed by atoms with E-state index in [1.807, 2.05) is 0 Å². The van der Waals surface area contributed by atoms with E-state index in [9.17, 15) is 23.7 Å². The maximum atomic E-state index is 13.0. The molecular formula is C11H12F2N2O4. The number of methoxy groups -OCH3 is 1. The molecule has 19 heavy (non-hydrogen) atoms. The van der Waals surface area contributed by atoms with Crippen LogP contribution in [0.15, 0.2) is 12.1 Å². The standard InChI is InChI=1S/C11H12F2N2O4/c1-19-4-2-3-14-11(16)7-5-8(12)9(13)6-10(7)15(17)18/h5-6H,2-4H2,1H3,(H,14,16). The molecule has 0 aliphatic heterocycles. The summed E-state index contributed by atoms with van der Waals surface area (Å²) in [5.74, 6) is -3.52. The van der Waals surface area contributed by atoms with Gasteiger partial charge in [0.05, 0.1) is 11.0 Å². The van der Waals surface area contributed by atoms with E-state index in [0.717, 1.165) is 0 Å². The molecule has 6 nitrogen and oxygen atoms in total. The first-order valence-electron chi connectivity index (χ1n) is 5.38. The first-order valence-corrected chi connectivity index (χ1v) is 5.38. The van der Waals surface area contributed by atoms with Crippen LogP contribution in [-0.4, -0.2) is 31.1 Å². The van der Waals surface area contributed by atoms with Crippen LogP contribution in [0.25, 0.3) is 0 Å². The van der Waals surface area contributed by atoms with Crippen LogP contribution >= 0.6 is 0 Å². The summed E-state index contributed by atoms with van der Waals surface area (Å²) in [6, 6.07) is 0.901. The zero-order valence-electron chi connectivity index (χ0n) is 10.1. The molecule has 0 atom stereocenters. The van der Waals surface area contributed by atoms with Crippen LogP contribution in [0.1, 0.15) is 16.8 Å². The number of benzene rings is 1. The van der Waals surface area contributed by atoms with Crippen molar-refractivity contribution in [2.75, 3.05) is 20.3 Å². The van der Waals surface area contributed by atoms with Gasteiger partial charge in [-0.15, -0.1) is 0 Å². The van der Waals surface area contributed by atoms with Gasteiger partial charge in [-0.25, -0.2) is 8.78 Å². The van der Waals surface area contributed by atoms with Crippen molar-refractivity contribution >= 4 is 11.6 Å². The van der Waals surface area contributed by atoms with Crippen molar-refractivity contribution in [1.82, 2.24) is 5.32 Å². The molecule has 1 rings (SSSR count). The molecule has 1 N–H and O–H groups in total. The zero-order chi connectivity index (χ0) is 14.4. The molecule has 0 aliphatic rings. The molecule has 0 aromatic heterocycles. The smallest absolute Gasteiger partial charge is 0.285 e. The minimum atomic E-state index is -1.37. The molecule has 0 saturated carbocycles. The Labute approximate surface area is 107 Å². The summed E-state index contributed by atoms with van der Waals surface area (Å²) >= 11 is 0. The quantitative estimate of drug-likeness (QED) is 0.485. The topological polar surface area (TPSA) is 81.5 Å². The van der Waals surface area contributed by atoms with Crippen LogP contribution < -0.4 is 5.32 Å². The molecule has 8 heteroatoms. The van der Waals surface area contributed by atoms with Crippen LogP contribution in [0.4, 0.5) is 14.5 Å². The van der Waals surface area contributed by atoms with Gasteiger partial charge in [-0.3, -0.25) is 14.9 Å². The molecule has 0 radical (unpaired) electrons. The first-order chi connectivity index (χ1) is 8.97. The predicted molar refractivity (Wildman–Crippen MR) is 61.8 cm³/mol. The summed E-state index contributed by atoms with van der Waals surface area (Å²) in [5, 5.41) is 13.0. The molecule has 1 aromatic rings. The highest BCUT2D eigenvalue weighted by Crippen LogP contribution is 2.22. The van der Waals surface area contributed by atoms with Crippen molar-refractivity contribution in [3.8, 4) is 0 Å². The van der Waals surface area contributed by atoms with E-state index in [4.69, 9.17) is 4.74 Å². The van der Waals surface area contributed by atoms with E-state index in [-0.39, 0.29) is 6.54 Å². The maximum absolute atomic E-state index is 13.0. The van der Waals surface area contributed by atoms with Crippen LogP contribution in [0.3, 0.4) is 0 Å². The van der Waals surface area contributed by atoms with Gasteiger partial charge in [0.25, 0.3) is 11.6 Å². The van der Waals surface area contributed by atoms with Gasteiger partial charge >= 0.3 is 0 Å². The SMILES string of the molecule is COCCCNC(=O)c1cc(F)c(F)cc1[N+](=O)[O-]. The van der Waals surface area contributed by atoms with E-state index in [0.29, 0.717) is 25.2 Å². The summed E-state index contributed by atoms with van der Waals surface area (Å²) in [6.45, 7) is 0.614. The van der Waals surface area contributed by atoms with Crippen molar-refractivity contribution in [2.24, 2.45) is 0 Å². The molecular weight excluding hydrogens is 262 g/mol. The van der Waals surface area contributed by atoms with Crippen LogP contribution in [0, 0.1) is 21.7 Å². The Hall–Kier alpha value is -2.09. The highest BCUT2D eigenvalue weighted by molar-refractivity contribution is 5.98.